The van der Waals surface area contributed by atoms with Crippen molar-refractivity contribution >= 4 is 11.9 Å². The molecule has 0 saturated heterocycles. The van der Waals surface area contributed by atoms with E-state index < -0.39 is 5.97 Å². The van der Waals surface area contributed by atoms with E-state index in [4.69, 9.17) is 5.11 Å². The fourth-order valence-corrected chi connectivity index (χ4v) is 1.62. The molecule has 1 atom stereocenters. The average Bonchev–Trinajstić information content (AvgIpc) is 2.77. The number of amides is 1. The van der Waals surface area contributed by atoms with E-state index in [9.17, 15) is 9.59 Å². The van der Waals surface area contributed by atoms with E-state index in [1.54, 1.807) is 10.9 Å². The maximum Gasteiger partial charge on any atom is 0.303 e. The molecule has 0 saturated carbocycles. The summed E-state index contributed by atoms with van der Waals surface area (Å²) in [5.41, 5.74) is -0.134. The van der Waals surface area contributed by atoms with Crippen LogP contribution in [-0.4, -0.2) is 32.8 Å². The zero-order valence-electron chi connectivity index (χ0n) is 11.6. The molecule has 0 aromatic carbocycles. The van der Waals surface area contributed by atoms with E-state index in [2.05, 4.69) is 10.4 Å². The lowest BCUT2D eigenvalue weighted by Gasteiger charge is -2.31. The van der Waals surface area contributed by atoms with E-state index in [1.165, 1.54) is 0 Å². The molecule has 106 valence electrons. The van der Waals surface area contributed by atoms with Crippen molar-refractivity contribution in [2.75, 3.05) is 0 Å². The molecule has 6 nitrogen and oxygen atoms in total. The van der Waals surface area contributed by atoms with Crippen molar-refractivity contribution in [1.82, 2.24) is 15.1 Å². The van der Waals surface area contributed by atoms with E-state index >= 15 is 0 Å². The maximum absolute atomic E-state index is 11.7. The van der Waals surface area contributed by atoms with Gasteiger partial charge < -0.3 is 10.4 Å². The van der Waals surface area contributed by atoms with Crippen molar-refractivity contribution in [2.24, 2.45) is 5.41 Å². The molecule has 1 aromatic rings. The van der Waals surface area contributed by atoms with Crippen molar-refractivity contribution in [2.45, 2.75) is 46.2 Å². The first-order valence-electron chi connectivity index (χ1n) is 6.27. The van der Waals surface area contributed by atoms with Gasteiger partial charge in [0.05, 0.1) is 19.0 Å². The SMILES string of the molecule is CC(C)(C)C(Cn1cccn1)NC(=O)CCC(=O)O. The fraction of sp³-hybridized carbons (Fsp3) is 0.615. The van der Waals surface area contributed by atoms with E-state index in [-0.39, 0.29) is 30.2 Å². The second-order valence-electron chi connectivity index (χ2n) is 5.61. The average molecular weight is 267 g/mol. The van der Waals surface area contributed by atoms with Crippen LogP contribution in [0.4, 0.5) is 0 Å². The van der Waals surface area contributed by atoms with Gasteiger partial charge in [-0.15, -0.1) is 0 Å². The molecule has 0 aliphatic carbocycles. The van der Waals surface area contributed by atoms with Crippen LogP contribution in [0.15, 0.2) is 18.5 Å². The molecular formula is C13H21N3O3. The van der Waals surface area contributed by atoms with Crippen LogP contribution < -0.4 is 5.32 Å². The van der Waals surface area contributed by atoms with Gasteiger partial charge in [-0.1, -0.05) is 20.8 Å². The van der Waals surface area contributed by atoms with Gasteiger partial charge in [0.15, 0.2) is 0 Å². The number of nitrogens with zero attached hydrogens (tertiary/aromatic N) is 2. The largest absolute Gasteiger partial charge is 0.481 e. The lowest BCUT2D eigenvalue weighted by molar-refractivity contribution is -0.139. The summed E-state index contributed by atoms with van der Waals surface area (Å²) in [5.74, 6) is -1.20. The third-order valence-electron chi connectivity index (χ3n) is 2.88. The first-order valence-corrected chi connectivity index (χ1v) is 6.27. The minimum atomic E-state index is -0.963. The molecule has 2 N–H and O–H groups in total. The lowest BCUT2D eigenvalue weighted by atomic mass is 9.86. The van der Waals surface area contributed by atoms with Crippen LogP contribution >= 0.6 is 0 Å². The van der Waals surface area contributed by atoms with Crippen molar-refractivity contribution < 1.29 is 14.7 Å². The molecule has 0 spiro atoms. The predicted octanol–water partition coefficient (Wildman–Crippen LogP) is 1.28. The Bertz CT molecular complexity index is 421. The molecule has 1 unspecified atom stereocenters. The summed E-state index contributed by atoms with van der Waals surface area (Å²) in [6, 6.07) is 1.72. The molecule has 6 heteroatoms. The topological polar surface area (TPSA) is 84.2 Å². The molecule has 0 aliphatic rings. The normalized spacial score (nSPS) is 13.0. The number of carboxylic acid groups (broad SMARTS) is 1. The van der Waals surface area contributed by atoms with Crippen LogP contribution in [0.2, 0.25) is 0 Å². The second kappa shape index (κ2) is 6.36. The number of nitrogens with one attached hydrogen (secondary N) is 1. The van der Waals surface area contributed by atoms with Gasteiger partial charge in [-0.25, -0.2) is 0 Å². The molecule has 1 amide bonds. The van der Waals surface area contributed by atoms with Crippen molar-refractivity contribution in [3.63, 3.8) is 0 Å². The predicted molar refractivity (Wildman–Crippen MR) is 70.5 cm³/mol. The van der Waals surface area contributed by atoms with Gasteiger partial charge in [-0.3, -0.25) is 14.3 Å². The van der Waals surface area contributed by atoms with Crippen LogP contribution in [0, 0.1) is 5.41 Å². The Kier molecular flexibility index (Phi) is 5.09. The highest BCUT2D eigenvalue weighted by molar-refractivity contribution is 5.80. The van der Waals surface area contributed by atoms with Gasteiger partial charge in [0, 0.05) is 18.8 Å². The molecule has 1 heterocycles. The van der Waals surface area contributed by atoms with Crippen molar-refractivity contribution in [3.05, 3.63) is 18.5 Å². The number of hydrogen-bond donors (Lipinski definition) is 2. The minimum Gasteiger partial charge on any atom is -0.481 e. The Hall–Kier alpha value is -1.85. The molecule has 1 rings (SSSR count). The van der Waals surface area contributed by atoms with Crippen LogP contribution in [-0.2, 0) is 16.1 Å². The van der Waals surface area contributed by atoms with Gasteiger partial charge in [0.1, 0.15) is 0 Å². The van der Waals surface area contributed by atoms with Gasteiger partial charge in [-0.2, -0.15) is 5.10 Å². The molecule has 0 fully saturated rings. The lowest BCUT2D eigenvalue weighted by Crippen LogP contribution is -2.46. The van der Waals surface area contributed by atoms with Gasteiger partial charge in [0.2, 0.25) is 5.91 Å². The van der Waals surface area contributed by atoms with Gasteiger partial charge in [0.25, 0.3) is 0 Å². The van der Waals surface area contributed by atoms with Crippen LogP contribution in [0.3, 0.4) is 0 Å². The van der Waals surface area contributed by atoms with Gasteiger partial charge in [-0.05, 0) is 11.5 Å². The number of rotatable bonds is 6. The summed E-state index contributed by atoms with van der Waals surface area (Å²) in [6.45, 7) is 6.64. The van der Waals surface area contributed by atoms with Crippen LogP contribution in [0.5, 0.6) is 0 Å². The minimum absolute atomic E-state index is 0.00101. The van der Waals surface area contributed by atoms with Crippen LogP contribution in [0.1, 0.15) is 33.6 Å². The first kappa shape index (κ1) is 15.2. The number of aliphatic carboxylic acids is 1. The standard InChI is InChI=1S/C13H21N3O3/c1-13(2,3)10(9-16-8-4-7-14-16)15-11(17)5-6-12(18)19/h4,7-8,10H,5-6,9H2,1-3H3,(H,15,17)(H,18,19). The third-order valence-corrected chi connectivity index (χ3v) is 2.88. The maximum atomic E-state index is 11.7. The highest BCUT2D eigenvalue weighted by Crippen LogP contribution is 2.20. The third kappa shape index (κ3) is 5.54. The summed E-state index contributed by atoms with van der Waals surface area (Å²) >= 11 is 0. The van der Waals surface area contributed by atoms with E-state index in [0.29, 0.717) is 6.54 Å². The van der Waals surface area contributed by atoms with E-state index in [1.807, 2.05) is 33.0 Å². The fourth-order valence-electron chi connectivity index (χ4n) is 1.62. The summed E-state index contributed by atoms with van der Waals surface area (Å²) < 4.78 is 1.76. The number of aromatic nitrogens is 2. The Morgan fingerprint density at radius 2 is 2.05 bits per heavy atom. The second-order valence-corrected chi connectivity index (χ2v) is 5.61. The number of carbonyl (C=O) groups excluding carboxylic acids is 1. The van der Waals surface area contributed by atoms with Crippen molar-refractivity contribution in [1.29, 1.82) is 0 Å². The van der Waals surface area contributed by atoms with Crippen LogP contribution in [0.25, 0.3) is 0 Å². The van der Waals surface area contributed by atoms with E-state index in [0.717, 1.165) is 0 Å². The molecule has 0 radical (unpaired) electrons. The number of hydrogen-bond acceptors (Lipinski definition) is 3. The summed E-state index contributed by atoms with van der Waals surface area (Å²) in [6.07, 6.45) is 3.37. The summed E-state index contributed by atoms with van der Waals surface area (Å²) in [4.78, 5) is 22.2. The molecule has 19 heavy (non-hydrogen) atoms. The highest BCUT2D eigenvalue weighted by atomic mass is 16.4. The van der Waals surface area contributed by atoms with Gasteiger partial charge >= 0.3 is 5.97 Å². The number of carbonyl (C=O) groups is 2. The monoisotopic (exact) mass is 267 g/mol. The molecule has 0 aliphatic heterocycles. The zero-order valence-corrected chi connectivity index (χ0v) is 11.6. The van der Waals surface area contributed by atoms with Crippen molar-refractivity contribution in [3.8, 4) is 0 Å². The Morgan fingerprint density at radius 1 is 1.37 bits per heavy atom. The quantitative estimate of drug-likeness (QED) is 0.813. The number of carboxylic acids is 1. The Morgan fingerprint density at radius 3 is 2.53 bits per heavy atom. The highest BCUT2D eigenvalue weighted by Gasteiger charge is 2.26. The Balaban J connectivity index is 2.60. The zero-order chi connectivity index (χ0) is 14.5. The Labute approximate surface area is 112 Å². The summed E-state index contributed by atoms with van der Waals surface area (Å²) in [7, 11) is 0. The molecule has 1 aromatic heterocycles. The first-order chi connectivity index (χ1) is 8.79. The smallest absolute Gasteiger partial charge is 0.303 e. The molecule has 0 bridgehead atoms. The molecular weight excluding hydrogens is 246 g/mol. The summed E-state index contributed by atoms with van der Waals surface area (Å²) in [5, 5.41) is 15.6.